The van der Waals surface area contributed by atoms with Gasteiger partial charge in [-0.1, -0.05) is 49.4 Å². The number of ether oxygens (including phenoxy) is 1. The van der Waals surface area contributed by atoms with Crippen molar-refractivity contribution in [1.82, 2.24) is 9.80 Å². The van der Waals surface area contributed by atoms with Crippen molar-refractivity contribution in [3.05, 3.63) is 65.7 Å². The van der Waals surface area contributed by atoms with Gasteiger partial charge in [-0.15, -0.1) is 0 Å². The van der Waals surface area contributed by atoms with Gasteiger partial charge in [0.2, 0.25) is 0 Å². The van der Waals surface area contributed by atoms with E-state index in [1.165, 1.54) is 24.2 Å². The van der Waals surface area contributed by atoms with E-state index in [-0.39, 0.29) is 6.10 Å². The van der Waals surface area contributed by atoms with Gasteiger partial charge in [0.15, 0.2) is 0 Å². The Morgan fingerprint density at radius 3 is 2.12 bits per heavy atom. The largest absolute Gasteiger partial charge is 0.486 e. The van der Waals surface area contributed by atoms with Gasteiger partial charge in [0.1, 0.15) is 11.9 Å². The van der Waals surface area contributed by atoms with Crippen LogP contribution >= 0.6 is 0 Å². The predicted molar refractivity (Wildman–Crippen MR) is 109 cm³/mol. The summed E-state index contributed by atoms with van der Waals surface area (Å²) in [5.74, 6) is 0.937. The van der Waals surface area contributed by atoms with Crippen LogP contribution in [0.1, 0.15) is 44.4 Å². The highest BCUT2D eigenvalue weighted by atomic mass is 16.5. The van der Waals surface area contributed by atoms with Crippen LogP contribution in [0.4, 0.5) is 0 Å². The summed E-state index contributed by atoms with van der Waals surface area (Å²) in [5, 5.41) is 0. The quantitative estimate of drug-likeness (QED) is 0.716. The molecule has 0 saturated carbocycles. The molecule has 0 spiro atoms. The maximum Gasteiger partial charge on any atom is 0.123 e. The van der Waals surface area contributed by atoms with Gasteiger partial charge in [-0.05, 0) is 43.5 Å². The van der Waals surface area contributed by atoms with Gasteiger partial charge in [-0.3, -0.25) is 9.80 Å². The number of benzene rings is 2. The molecule has 2 aromatic carbocycles. The van der Waals surface area contributed by atoms with Gasteiger partial charge >= 0.3 is 0 Å². The van der Waals surface area contributed by atoms with Crippen molar-refractivity contribution in [1.29, 1.82) is 0 Å². The summed E-state index contributed by atoms with van der Waals surface area (Å²) in [6.45, 7) is 12.5. The molecule has 1 fully saturated rings. The van der Waals surface area contributed by atoms with Gasteiger partial charge in [0.05, 0.1) is 0 Å². The molecule has 0 bridgehead atoms. The van der Waals surface area contributed by atoms with Crippen LogP contribution in [-0.4, -0.2) is 42.0 Å². The first-order valence-electron chi connectivity index (χ1n) is 9.92. The van der Waals surface area contributed by atoms with Crippen LogP contribution < -0.4 is 4.74 Å². The van der Waals surface area contributed by atoms with E-state index in [9.17, 15) is 0 Å². The highest BCUT2D eigenvalue weighted by Gasteiger charge is 2.19. The summed E-state index contributed by atoms with van der Waals surface area (Å²) >= 11 is 0. The average molecular weight is 353 g/mol. The molecule has 26 heavy (non-hydrogen) atoms. The molecule has 0 aromatic heterocycles. The monoisotopic (exact) mass is 352 g/mol. The lowest BCUT2D eigenvalue weighted by molar-refractivity contribution is 0.104. The first kappa shape index (κ1) is 18.9. The van der Waals surface area contributed by atoms with E-state index in [0.29, 0.717) is 6.04 Å². The van der Waals surface area contributed by atoms with Crippen molar-refractivity contribution in [3.63, 3.8) is 0 Å². The van der Waals surface area contributed by atoms with Crippen molar-refractivity contribution < 1.29 is 4.74 Å². The molecular formula is C23H32N2O. The number of rotatable bonds is 7. The first-order chi connectivity index (χ1) is 12.7. The molecule has 3 rings (SSSR count). The lowest BCUT2D eigenvalue weighted by Gasteiger charge is -2.37. The molecule has 1 unspecified atom stereocenters. The zero-order valence-corrected chi connectivity index (χ0v) is 16.4. The second kappa shape index (κ2) is 9.20. The Bertz CT molecular complexity index is 646. The SMILES string of the molecule is CCC(Oc1ccccc1)c1ccc(CN2CCN(C(C)C)CC2)cc1. The minimum absolute atomic E-state index is 0.112. The van der Waals surface area contributed by atoms with E-state index >= 15 is 0 Å². The summed E-state index contributed by atoms with van der Waals surface area (Å²) in [7, 11) is 0. The van der Waals surface area contributed by atoms with E-state index < -0.39 is 0 Å². The molecule has 3 nitrogen and oxygen atoms in total. The van der Waals surface area contributed by atoms with Crippen LogP contribution in [0.25, 0.3) is 0 Å². The van der Waals surface area contributed by atoms with E-state index in [2.05, 4.69) is 54.8 Å². The molecule has 0 aliphatic carbocycles. The van der Waals surface area contributed by atoms with E-state index in [0.717, 1.165) is 31.8 Å². The standard InChI is InChI=1S/C23H32N2O/c1-4-23(26-22-8-6-5-7-9-22)21-12-10-20(11-13-21)18-24-14-16-25(17-15-24)19(2)3/h5-13,19,23H,4,14-18H2,1-3H3. The second-order valence-electron chi connectivity index (χ2n) is 7.48. The van der Waals surface area contributed by atoms with Crippen LogP contribution in [-0.2, 0) is 6.54 Å². The van der Waals surface area contributed by atoms with Crippen molar-refractivity contribution in [3.8, 4) is 5.75 Å². The fourth-order valence-corrected chi connectivity index (χ4v) is 3.58. The Hall–Kier alpha value is -1.84. The summed E-state index contributed by atoms with van der Waals surface area (Å²) in [5.41, 5.74) is 2.64. The molecule has 1 heterocycles. The fraction of sp³-hybridized carbons (Fsp3) is 0.478. The molecular weight excluding hydrogens is 320 g/mol. The van der Waals surface area contributed by atoms with Gasteiger partial charge in [0.25, 0.3) is 0 Å². The molecule has 1 saturated heterocycles. The number of hydrogen-bond donors (Lipinski definition) is 0. The lowest BCUT2D eigenvalue weighted by atomic mass is 10.0. The Labute approximate surface area is 158 Å². The van der Waals surface area contributed by atoms with Gasteiger partial charge in [-0.2, -0.15) is 0 Å². The number of piperazine rings is 1. The third kappa shape index (κ3) is 5.09. The van der Waals surface area contributed by atoms with Gasteiger partial charge in [0, 0.05) is 38.8 Å². The molecule has 0 radical (unpaired) electrons. The second-order valence-corrected chi connectivity index (χ2v) is 7.48. The molecule has 140 valence electrons. The van der Waals surface area contributed by atoms with Crippen LogP contribution in [0.2, 0.25) is 0 Å². The molecule has 1 aliphatic heterocycles. The highest BCUT2D eigenvalue weighted by Crippen LogP contribution is 2.25. The number of nitrogens with zero attached hydrogens (tertiary/aromatic N) is 2. The van der Waals surface area contributed by atoms with E-state index in [1.807, 2.05) is 30.3 Å². The van der Waals surface area contributed by atoms with Crippen molar-refractivity contribution >= 4 is 0 Å². The van der Waals surface area contributed by atoms with E-state index in [1.54, 1.807) is 0 Å². The Balaban J connectivity index is 1.56. The number of hydrogen-bond acceptors (Lipinski definition) is 3. The zero-order chi connectivity index (χ0) is 18.4. The van der Waals surface area contributed by atoms with Crippen LogP contribution in [0.3, 0.4) is 0 Å². The van der Waals surface area contributed by atoms with Crippen molar-refractivity contribution in [2.75, 3.05) is 26.2 Å². The van der Waals surface area contributed by atoms with Crippen molar-refractivity contribution in [2.24, 2.45) is 0 Å². The summed E-state index contributed by atoms with van der Waals surface area (Å²) < 4.78 is 6.16. The lowest BCUT2D eigenvalue weighted by Crippen LogP contribution is -2.48. The van der Waals surface area contributed by atoms with Crippen LogP contribution in [0, 0.1) is 0 Å². The smallest absolute Gasteiger partial charge is 0.123 e. The van der Waals surface area contributed by atoms with Crippen LogP contribution in [0.5, 0.6) is 5.75 Å². The maximum atomic E-state index is 6.16. The fourth-order valence-electron chi connectivity index (χ4n) is 3.58. The first-order valence-corrected chi connectivity index (χ1v) is 9.92. The number of para-hydroxylation sites is 1. The molecule has 3 heteroatoms. The highest BCUT2D eigenvalue weighted by molar-refractivity contribution is 5.27. The van der Waals surface area contributed by atoms with E-state index in [4.69, 9.17) is 4.74 Å². The normalized spacial score (nSPS) is 17.4. The molecule has 2 aromatic rings. The minimum atomic E-state index is 0.112. The summed E-state index contributed by atoms with van der Waals surface area (Å²) in [4.78, 5) is 5.12. The molecule has 0 amide bonds. The topological polar surface area (TPSA) is 15.7 Å². The molecule has 0 N–H and O–H groups in total. The average Bonchev–Trinajstić information content (AvgIpc) is 2.68. The van der Waals surface area contributed by atoms with Crippen LogP contribution in [0.15, 0.2) is 54.6 Å². The van der Waals surface area contributed by atoms with Crippen molar-refractivity contribution in [2.45, 2.75) is 45.9 Å². The Kier molecular flexibility index (Phi) is 6.70. The third-order valence-electron chi connectivity index (χ3n) is 5.29. The zero-order valence-electron chi connectivity index (χ0n) is 16.4. The minimum Gasteiger partial charge on any atom is -0.486 e. The van der Waals surface area contributed by atoms with Gasteiger partial charge < -0.3 is 4.74 Å². The Morgan fingerprint density at radius 1 is 0.885 bits per heavy atom. The molecule has 1 atom stereocenters. The Morgan fingerprint density at radius 2 is 1.54 bits per heavy atom. The molecule has 1 aliphatic rings. The maximum absolute atomic E-state index is 6.16. The third-order valence-corrected chi connectivity index (χ3v) is 5.29. The summed E-state index contributed by atoms with van der Waals surface area (Å²) in [6, 6.07) is 19.8. The summed E-state index contributed by atoms with van der Waals surface area (Å²) in [6.07, 6.45) is 1.08. The predicted octanol–water partition coefficient (Wildman–Crippen LogP) is 4.74. The van der Waals surface area contributed by atoms with Gasteiger partial charge in [-0.25, -0.2) is 0 Å².